The average Bonchev–Trinajstić information content (AvgIpc) is 3.13. The zero-order valence-corrected chi connectivity index (χ0v) is 13.5. The number of benzene rings is 2. The van der Waals surface area contributed by atoms with Gasteiger partial charge in [-0.15, -0.1) is 5.10 Å². The van der Waals surface area contributed by atoms with Crippen molar-refractivity contribution in [2.45, 2.75) is 6.54 Å². The topological polar surface area (TPSA) is 78.5 Å². The molecule has 2 aromatic heterocycles. The maximum absolute atomic E-state index is 13.1. The minimum Gasteiger partial charge on any atom is -0.268 e. The van der Waals surface area contributed by atoms with E-state index in [4.69, 9.17) is 0 Å². The van der Waals surface area contributed by atoms with Crippen LogP contribution < -0.4 is 5.56 Å². The van der Waals surface area contributed by atoms with E-state index in [-0.39, 0.29) is 17.9 Å². The molecule has 0 aliphatic heterocycles. The first-order valence-electron chi connectivity index (χ1n) is 7.87. The summed E-state index contributed by atoms with van der Waals surface area (Å²) in [5.41, 5.74) is 1.78. The average molecular weight is 348 g/mol. The van der Waals surface area contributed by atoms with Crippen LogP contribution in [0.15, 0.2) is 71.5 Å². The normalized spacial score (nSPS) is 10.8. The van der Waals surface area contributed by atoms with E-state index in [9.17, 15) is 9.18 Å². The van der Waals surface area contributed by atoms with Crippen molar-refractivity contribution in [1.82, 2.24) is 30.0 Å². The summed E-state index contributed by atoms with van der Waals surface area (Å²) in [5, 5.41) is 16.0. The van der Waals surface area contributed by atoms with E-state index >= 15 is 0 Å². The summed E-state index contributed by atoms with van der Waals surface area (Å²) < 4.78 is 15.9. The molecule has 0 fully saturated rings. The molecule has 0 aliphatic rings. The summed E-state index contributed by atoms with van der Waals surface area (Å²) >= 11 is 0. The Labute approximate surface area is 147 Å². The van der Waals surface area contributed by atoms with Gasteiger partial charge < -0.3 is 0 Å². The molecule has 2 heterocycles. The summed E-state index contributed by atoms with van der Waals surface area (Å²) in [5.74, 6) is 0.145. The lowest BCUT2D eigenvalue weighted by molar-refractivity contribution is 0.602. The Morgan fingerprint density at radius 2 is 1.69 bits per heavy atom. The number of halogens is 1. The van der Waals surface area contributed by atoms with Crippen LogP contribution in [0.5, 0.6) is 0 Å². The number of hydrogen-bond acceptors (Lipinski definition) is 5. The van der Waals surface area contributed by atoms with E-state index in [1.807, 2.05) is 30.3 Å². The van der Waals surface area contributed by atoms with Gasteiger partial charge in [-0.1, -0.05) is 18.2 Å². The van der Waals surface area contributed by atoms with Crippen LogP contribution in [-0.2, 0) is 6.54 Å². The van der Waals surface area contributed by atoms with Crippen LogP contribution in [0.4, 0.5) is 4.39 Å². The molecule has 0 N–H and O–H groups in total. The highest BCUT2D eigenvalue weighted by Gasteiger charge is 2.11. The van der Waals surface area contributed by atoms with Crippen molar-refractivity contribution < 1.29 is 4.39 Å². The lowest BCUT2D eigenvalue weighted by Gasteiger charge is -2.08. The lowest BCUT2D eigenvalue weighted by atomic mass is 10.1. The Balaban J connectivity index is 1.70. The van der Waals surface area contributed by atoms with Crippen LogP contribution in [0.2, 0.25) is 0 Å². The Bertz CT molecular complexity index is 1090. The number of aromatic nitrogens is 6. The minimum absolute atomic E-state index is 0.107. The zero-order valence-electron chi connectivity index (χ0n) is 13.5. The zero-order chi connectivity index (χ0) is 17.9. The molecule has 0 atom stereocenters. The van der Waals surface area contributed by atoms with Gasteiger partial charge in [0.05, 0.1) is 11.4 Å². The molecule has 4 aromatic rings. The molecule has 128 valence electrons. The van der Waals surface area contributed by atoms with Gasteiger partial charge in [0.15, 0.2) is 5.82 Å². The second kappa shape index (κ2) is 6.67. The van der Waals surface area contributed by atoms with Gasteiger partial charge in [-0.25, -0.2) is 9.07 Å². The number of tetrazole rings is 1. The third-order valence-electron chi connectivity index (χ3n) is 3.83. The molecule has 0 saturated heterocycles. The number of para-hydroxylation sites is 1. The molecule has 0 unspecified atom stereocenters. The largest absolute Gasteiger partial charge is 0.268 e. The quantitative estimate of drug-likeness (QED) is 0.564. The maximum atomic E-state index is 13.1. The van der Waals surface area contributed by atoms with Gasteiger partial charge >= 0.3 is 0 Å². The molecule has 26 heavy (non-hydrogen) atoms. The van der Waals surface area contributed by atoms with E-state index in [0.717, 1.165) is 5.69 Å². The van der Waals surface area contributed by atoms with E-state index < -0.39 is 0 Å². The fourth-order valence-electron chi connectivity index (χ4n) is 2.54. The monoisotopic (exact) mass is 348 g/mol. The highest BCUT2D eigenvalue weighted by atomic mass is 19.1. The van der Waals surface area contributed by atoms with Gasteiger partial charge in [0.1, 0.15) is 12.4 Å². The Hall–Kier alpha value is -3.68. The van der Waals surface area contributed by atoms with Crippen molar-refractivity contribution in [1.29, 1.82) is 0 Å². The first-order chi connectivity index (χ1) is 12.7. The third kappa shape index (κ3) is 3.12. The van der Waals surface area contributed by atoms with Gasteiger partial charge in [0.2, 0.25) is 0 Å². The van der Waals surface area contributed by atoms with Crippen LogP contribution in [0, 0.1) is 5.82 Å². The molecule has 7 nitrogen and oxygen atoms in total. The van der Waals surface area contributed by atoms with Crippen molar-refractivity contribution in [2.75, 3.05) is 0 Å². The van der Waals surface area contributed by atoms with Gasteiger partial charge in [-0.05, 0) is 52.9 Å². The highest BCUT2D eigenvalue weighted by Crippen LogP contribution is 2.16. The second-order valence-electron chi connectivity index (χ2n) is 5.56. The molecule has 0 bridgehead atoms. The molecule has 0 spiro atoms. The van der Waals surface area contributed by atoms with Crippen LogP contribution in [0.1, 0.15) is 5.82 Å². The summed E-state index contributed by atoms with van der Waals surface area (Å²) in [4.78, 5) is 12.2. The van der Waals surface area contributed by atoms with Crippen LogP contribution in [0.25, 0.3) is 16.9 Å². The Morgan fingerprint density at radius 3 is 2.46 bits per heavy atom. The predicted molar refractivity (Wildman–Crippen MR) is 92.1 cm³/mol. The highest BCUT2D eigenvalue weighted by molar-refractivity contribution is 5.57. The van der Waals surface area contributed by atoms with E-state index in [2.05, 4.69) is 20.6 Å². The number of nitrogens with zero attached hydrogens (tertiary/aromatic N) is 6. The van der Waals surface area contributed by atoms with Crippen LogP contribution in [0.3, 0.4) is 0 Å². The molecular weight excluding hydrogens is 335 g/mol. The Morgan fingerprint density at radius 1 is 0.923 bits per heavy atom. The van der Waals surface area contributed by atoms with Gasteiger partial charge in [-0.3, -0.25) is 4.79 Å². The molecule has 0 saturated carbocycles. The van der Waals surface area contributed by atoms with E-state index in [1.165, 1.54) is 22.9 Å². The molecule has 8 heteroatoms. The summed E-state index contributed by atoms with van der Waals surface area (Å²) in [6, 6.07) is 18.3. The SMILES string of the molecule is O=c1ccc(-c2ccc(F)cc2)nn1Cc1nnnn1-c1ccccc1. The molecule has 0 aliphatic carbocycles. The van der Waals surface area contributed by atoms with Gasteiger partial charge in [-0.2, -0.15) is 9.78 Å². The van der Waals surface area contributed by atoms with Crippen molar-refractivity contribution in [3.05, 3.63) is 88.7 Å². The Kier molecular flexibility index (Phi) is 4.06. The summed E-state index contributed by atoms with van der Waals surface area (Å²) in [6.45, 7) is 0.107. The van der Waals surface area contributed by atoms with Gasteiger partial charge in [0.25, 0.3) is 5.56 Å². The molecule has 0 amide bonds. The van der Waals surface area contributed by atoms with E-state index in [0.29, 0.717) is 17.1 Å². The predicted octanol–water partition coefficient (Wildman–Crippen LogP) is 2.07. The van der Waals surface area contributed by atoms with Crippen LogP contribution in [-0.4, -0.2) is 30.0 Å². The maximum Gasteiger partial charge on any atom is 0.267 e. The first kappa shape index (κ1) is 15.8. The van der Waals surface area contributed by atoms with Crippen molar-refractivity contribution >= 4 is 0 Å². The fraction of sp³-hybridized carbons (Fsp3) is 0.0556. The van der Waals surface area contributed by atoms with Crippen molar-refractivity contribution in [2.24, 2.45) is 0 Å². The van der Waals surface area contributed by atoms with Crippen LogP contribution >= 0.6 is 0 Å². The minimum atomic E-state index is -0.330. The standard InChI is InChI=1S/C18H13FN6O/c19-14-8-6-13(7-9-14)16-10-11-18(26)24(21-16)12-17-20-22-23-25(17)15-4-2-1-3-5-15/h1-11H,12H2. The third-order valence-corrected chi connectivity index (χ3v) is 3.83. The summed E-state index contributed by atoms with van der Waals surface area (Å²) in [7, 11) is 0. The van der Waals surface area contributed by atoms with Crippen molar-refractivity contribution in [3.63, 3.8) is 0 Å². The molecule has 2 aromatic carbocycles. The summed E-state index contributed by atoms with van der Waals surface area (Å²) in [6.07, 6.45) is 0. The molecule has 4 rings (SSSR count). The van der Waals surface area contributed by atoms with E-state index in [1.54, 1.807) is 22.9 Å². The number of hydrogen-bond donors (Lipinski definition) is 0. The van der Waals surface area contributed by atoms with Crippen molar-refractivity contribution in [3.8, 4) is 16.9 Å². The fourth-order valence-corrected chi connectivity index (χ4v) is 2.54. The number of rotatable bonds is 4. The van der Waals surface area contributed by atoms with Gasteiger partial charge in [0, 0.05) is 11.6 Å². The second-order valence-corrected chi connectivity index (χ2v) is 5.56. The lowest BCUT2D eigenvalue weighted by Crippen LogP contribution is -2.24. The molecule has 0 radical (unpaired) electrons. The first-order valence-corrected chi connectivity index (χ1v) is 7.87. The smallest absolute Gasteiger partial charge is 0.267 e. The molecular formula is C18H13FN6O.